The molecule has 0 fully saturated rings. The first-order valence-electron chi connectivity index (χ1n) is 6.91. The molecule has 0 atom stereocenters. The molecule has 3 rings (SSSR count). The zero-order valence-corrected chi connectivity index (χ0v) is 12.8. The maximum atomic E-state index is 12.9. The molecule has 0 aliphatic heterocycles. The lowest BCUT2D eigenvalue weighted by molar-refractivity contribution is -0.114. The van der Waals surface area contributed by atoms with Gasteiger partial charge in [0.1, 0.15) is 17.3 Å². The quantitative estimate of drug-likeness (QED) is 0.513. The number of hydrogen-bond acceptors (Lipinski definition) is 5. The lowest BCUT2D eigenvalue weighted by Crippen LogP contribution is -2.16. The molecule has 3 aromatic rings. The molecule has 0 N–H and O–H groups in total. The van der Waals surface area contributed by atoms with E-state index < -0.39 is 11.6 Å². The van der Waals surface area contributed by atoms with Gasteiger partial charge in [-0.15, -0.1) is 11.3 Å². The summed E-state index contributed by atoms with van der Waals surface area (Å²) in [5.74, 6) is -0.364. The molecule has 4 nitrogen and oxygen atoms in total. The third-order valence-electron chi connectivity index (χ3n) is 3.22. The molecule has 0 spiro atoms. The Bertz CT molecular complexity index is 822. The van der Waals surface area contributed by atoms with E-state index in [0.717, 1.165) is 16.9 Å². The zero-order chi connectivity index (χ0) is 16.2. The van der Waals surface area contributed by atoms with E-state index in [-0.39, 0.29) is 17.2 Å². The van der Waals surface area contributed by atoms with Gasteiger partial charge in [0, 0.05) is 18.0 Å². The van der Waals surface area contributed by atoms with Crippen LogP contribution in [0.15, 0.2) is 52.4 Å². The van der Waals surface area contributed by atoms with Crippen molar-refractivity contribution in [3.8, 4) is 0 Å². The van der Waals surface area contributed by atoms with E-state index in [1.54, 1.807) is 29.6 Å². The Morgan fingerprint density at radius 3 is 2.52 bits per heavy atom. The summed E-state index contributed by atoms with van der Waals surface area (Å²) >= 11 is 1.14. The summed E-state index contributed by atoms with van der Waals surface area (Å²) in [5.41, 5.74) is 0.900. The number of furan rings is 1. The minimum absolute atomic E-state index is 0.0954. The summed E-state index contributed by atoms with van der Waals surface area (Å²) in [6, 6.07) is 9.54. The summed E-state index contributed by atoms with van der Waals surface area (Å²) in [5, 5.41) is 1.84. The zero-order valence-electron chi connectivity index (χ0n) is 12.0. The molecule has 0 amide bonds. The van der Waals surface area contributed by atoms with E-state index in [0.29, 0.717) is 17.9 Å². The topological polar surface area (TPSA) is 60.2 Å². The van der Waals surface area contributed by atoms with Crippen LogP contribution in [0.4, 0.5) is 4.39 Å². The van der Waals surface area contributed by atoms with Gasteiger partial charge in [0.25, 0.3) is 5.78 Å². The maximum Gasteiger partial charge on any atom is 0.257 e. The van der Waals surface area contributed by atoms with E-state index in [4.69, 9.17) is 4.42 Å². The van der Waals surface area contributed by atoms with E-state index in [2.05, 4.69) is 4.98 Å². The third kappa shape index (κ3) is 3.78. The van der Waals surface area contributed by atoms with Crippen LogP contribution in [0.25, 0.3) is 0 Å². The Balaban J connectivity index is 1.64. The van der Waals surface area contributed by atoms with Gasteiger partial charge < -0.3 is 4.42 Å². The van der Waals surface area contributed by atoms with Crippen molar-refractivity contribution < 1.29 is 18.4 Å². The lowest BCUT2D eigenvalue weighted by Gasteiger charge is -1.99. The monoisotopic (exact) mass is 329 g/mol. The Kier molecular flexibility index (Phi) is 4.43. The Morgan fingerprint density at radius 1 is 1.09 bits per heavy atom. The van der Waals surface area contributed by atoms with E-state index in [1.165, 1.54) is 18.3 Å². The number of rotatable bonds is 6. The first kappa shape index (κ1) is 15.3. The molecule has 0 bridgehead atoms. The minimum atomic E-state index is -0.600. The van der Waals surface area contributed by atoms with Crippen molar-refractivity contribution in [2.24, 2.45) is 0 Å². The highest BCUT2D eigenvalue weighted by atomic mass is 32.1. The number of carbonyl (C=O) groups excluding carboxylic acids is 2. The molecule has 116 valence electrons. The summed E-state index contributed by atoms with van der Waals surface area (Å²) in [6.45, 7) is 0. The molecule has 2 aromatic heterocycles. The number of carbonyl (C=O) groups is 2. The fourth-order valence-corrected chi connectivity index (χ4v) is 2.70. The van der Waals surface area contributed by atoms with Crippen LogP contribution in [-0.2, 0) is 17.6 Å². The SMILES string of the molecule is O=C(Cc1ccc(Cc2ccc(F)cc2)o1)C(=O)c1nccs1. The Hall–Kier alpha value is -2.60. The molecule has 1 aromatic carbocycles. The second-order valence-electron chi connectivity index (χ2n) is 4.94. The molecule has 0 radical (unpaired) electrons. The van der Waals surface area contributed by atoms with Crippen molar-refractivity contribution in [1.29, 1.82) is 0 Å². The number of nitrogens with zero attached hydrogens (tertiary/aromatic N) is 1. The number of aromatic nitrogens is 1. The fourth-order valence-electron chi connectivity index (χ4n) is 2.11. The number of thiazole rings is 1. The number of halogens is 1. The molecule has 6 heteroatoms. The molecule has 0 unspecified atom stereocenters. The van der Waals surface area contributed by atoms with Crippen molar-refractivity contribution in [1.82, 2.24) is 4.98 Å². The number of benzene rings is 1. The van der Waals surface area contributed by atoms with Gasteiger partial charge in [0.2, 0.25) is 5.78 Å². The molecule has 0 aliphatic carbocycles. The fraction of sp³-hybridized carbons (Fsp3) is 0.118. The maximum absolute atomic E-state index is 12.9. The highest BCUT2D eigenvalue weighted by molar-refractivity contribution is 7.12. The first-order valence-corrected chi connectivity index (χ1v) is 7.79. The van der Waals surface area contributed by atoms with Crippen molar-refractivity contribution >= 4 is 22.9 Å². The van der Waals surface area contributed by atoms with Crippen molar-refractivity contribution in [3.05, 3.63) is 75.9 Å². The summed E-state index contributed by atoms with van der Waals surface area (Å²) in [7, 11) is 0. The normalized spacial score (nSPS) is 10.7. The first-order chi connectivity index (χ1) is 11.1. The van der Waals surface area contributed by atoms with Crippen LogP contribution in [0.2, 0.25) is 0 Å². The second kappa shape index (κ2) is 6.66. The van der Waals surface area contributed by atoms with E-state index in [1.807, 2.05) is 0 Å². The predicted molar refractivity (Wildman–Crippen MR) is 83.1 cm³/mol. The van der Waals surface area contributed by atoms with Gasteiger partial charge in [-0.2, -0.15) is 0 Å². The average Bonchev–Trinajstić information content (AvgIpc) is 3.21. The van der Waals surface area contributed by atoms with Crippen molar-refractivity contribution in [3.63, 3.8) is 0 Å². The minimum Gasteiger partial charge on any atom is -0.465 e. The predicted octanol–water partition coefficient (Wildman–Crippen LogP) is 3.46. The van der Waals surface area contributed by atoms with Gasteiger partial charge in [0.15, 0.2) is 5.01 Å². The highest BCUT2D eigenvalue weighted by Gasteiger charge is 2.20. The average molecular weight is 329 g/mol. The molecule has 0 saturated heterocycles. The van der Waals surface area contributed by atoms with Crippen LogP contribution in [0.3, 0.4) is 0 Å². The van der Waals surface area contributed by atoms with Gasteiger partial charge >= 0.3 is 0 Å². The Labute approximate surface area is 135 Å². The lowest BCUT2D eigenvalue weighted by atomic mass is 10.1. The van der Waals surface area contributed by atoms with Crippen LogP contribution in [0.1, 0.15) is 26.9 Å². The summed E-state index contributed by atoms with van der Waals surface area (Å²) in [4.78, 5) is 27.6. The number of Topliss-reactive ketones (excluding diaryl/α,β-unsaturated/α-hetero) is 2. The second-order valence-corrected chi connectivity index (χ2v) is 5.83. The van der Waals surface area contributed by atoms with Crippen molar-refractivity contribution in [2.75, 3.05) is 0 Å². The summed E-state index contributed by atoms with van der Waals surface area (Å²) < 4.78 is 18.4. The van der Waals surface area contributed by atoms with Crippen LogP contribution >= 0.6 is 11.3 Å². The molecular weight excluding hydrogens is 317 g/mol. The summed E-state index contributed by atoms with van der Waals surface area (Å²) in [6.07, 6.45) is 1.88. The molecular formula is C17H12FNO3S. The van der Waals surface area contributed by atoms with Crippen LogP contribution in [0.5, 0.6) is 0 Å². The van der Waals surface area contributed by atoms with Gasteiger partial charge in [-0.25, -0.2) is 9.37 Å². The standard InChI is InChI=1S/C17H12FNO3S/c18-12-3-1-11(2-4-12)9-13-5-6-14(22-13)10-15(20)16(21)17-19-7-8-23-17/h1-8H,9-10H2. The van der Waals surface area contributed by atoms with Crippen LogP contribution < -0.4 is 0 Å². The largest absolute Gasteiger partial charge is 0.465 e. The molecule has 2 heterocycles. The number of ketones is 2. The van der Waals surface area contributed by atoms with Crippen LogP contribution in [0, 0.1) is 5.82 Å². The van der Waals surface area contributed by atoms with Crippen molar-refractivity contribution in [2.45, 2.75) is 12.8 Å². The van der Waals surface area contributed by atoms with E-state index >= 15 is 0 Å². The molecule has 23 heavy (non-hydrogen) atoms. The van der Waals surface area contributed by atoms with Gasteiger partial charge in [-0.1, -0.05) is 12.1 Å². The smallest absolute Gasteiger partial charge is 0.257 e. The third-order valence-corrected chi connectivity index (χ3v) is 4.00. The van der Waals surface area contributed by atoms with E-state index in [9.17, 15) is 14.0 Å². The molecule has 0 aliphatic rings. The Morgan fingerprint density at radius 2 is 1.83 bits per heavy atom. The highest BCUT2D eigenvalue weighted by Crippen LogP contribution is 2.15. The van der Waals surface area contributed by atoms with Gasteiger partial charge in [-0.05, 0) is 29.8 Å². The molecule has 0 saturated carbocycles. The van der Waals surface area contributed by atoms with Gasteiger partial charge in [0.05, 0.1) is 6.42 Å². The van der Waals surface area contributed by atoms with Crippen LogP contribution in [-0.4, -0.2) is 16.6 Å². The van der Waals surface area contributed by atoms with Gasteiger partial charge in [-0.3, -0.25) is 9.59 Å². The number of hydrogen-bond donors (Lipinski definition) is 0.